The second-order valence-corrected chi connectivity index (χ2v) is 6.17. The molecule has 0 aliphatic heterocycles. The average Bonchev–Trinajstić information content (AvgIpc) is 2.15. The zero-order valence-electron chi connectivity index (χ0n) is 12.5. The fourth-order valence-electron chi connectivity index (χ4n) is 2.79. The summed E-state index contributed by atoms with van der Waals surface area (Å²) in [5.74, 6) is 1.16. The quantitative estimate of drug-likeness (QED) is 0.542. The van der Waals surface area contributed by atoms with Crippen LogP contribution < -0.4 is 0 Å². The van der Waals surface area contributed by atoms with Crippen LogP contribution in [0.1, 0.15) is 55.4 Å². The van der Waals surface area contributed by atoms with Crippen molar-refractivity contribution in [1.29, 1.82) is 0 Å². The minimum Gasteiger partial charge on any atom is -0.0996 e. The molecule has 94 valence electrons. The fourth-order valence-corrected chi connectivity index (χ4v) is 2.79. The summed E-state index contributed by atoms with van der Waals surface area (Å²) in [6, 6.07) is 0. The zero-order chi connectivity index (χ0) is 13.1. The van der Waals surface area contributed by atoms with Crippen LogP contribution >= 0.6 is 0 Å². The molecule has 0 nitrogen and oxygen atoms in total. The molecule has 16 heavy (non-hydrogen) atoms. The Labute approximate surface area is 103 Å². The molecule has 0 bridgehead atoms. The number of hydrogen-bond acceptors (Lipinski definition) is 0. The number of allylic oxidation sites excluding steroid dienone is 3. The molecule has 0 aromatic rings. The highest BCUT2D eigenvalue weighted by Crippen LogP contribution is 2.53. The van der Waals surface area contributed by atoms with Crippen LogP contribution in [0.25, 0.3) is 0 Å². The normalized spacial score (nSPS) is 18.8. The summed E-state index contributed by atoms with van der Waals surface area (Å²) in [6.45, 7) is 22.5. The van der Waals surface area contributed by atoms with Crippen LogP contribution in [-0.2, 0) is 0 Å². The summed E-state index contributed by atoms with van der Waals surface area (Å²) >= 11 is 0. The van der Waals surface area contributed by atoms with Crippen LogP contribution in [0, 0.1) is 22.7 Å². The summed E-state index contributed by atoms with van der Waals surface area (Å²) < 4.78 is 0. The first kappa shape index (κ1) is 15.5. The Morgan fingerprint density at radius 3 is 1.81 bits per heavy atom. The van der Waals surface area contributed by atoms with Crippen LogP contribution in [0.2, 0.25) is 0 Å². The first-order valence-electron chi connectivity index (χ1n) is 6.41. The SMILES string of the molecule is C=C(C)C(C)(C(C)C)C(C)(C)C(C)C=CC. The maximum atomic E-state index is 4.23. The second-order valence-electron chi connectivity index (χ2n) is 6.17. The van der Waals surface area contributed by atoms with Crippen molar-refractivity contribution in [3.05, 3.63) is 24.3 Å². The highest BCUT2D eigenvalue weighted by atomic mass is 14.5. The monoisotopic (exact) mass is 222 g/mol. The van der Waals surface area contributed by atoms with Crippen molar-refractivity contribution in [2.75, 3.05) is 0 Å². The van der Waals surface area contributed by atoms with Crippen molar-refractivity contribution in [1.82, 2.24) is 0 Å². The third kappa shape index (κ3) is 2.42. The summed E-state index contributed by atoms with van der Waals surface area (Å²) in [5.41, 5.74) is 1.69. The van der Waals surface area contributed by atoms with E-state index in [-0.39, 0.29) is 10.8 Å². The van der Waals surface area contributed by atoms with Gasteiger partial charge in [0.1, 0.15) is 0 Å². The molecule has 2 unspecified atom stereocenters. The molecular weight excluding hydrogens is 192 g/mol. The van der Waals surface area contributed by atoms with E-state index < -0.39 is 0 Å². The smallest absolute Gasteiger partial charge is 0.00422 e. The number of rotatable bonds is 5. The molecule has 0 saturated carbocycles. The van der Waals surface area contributed by atoms with E-state index in [4.69, 9.17) is 0 Å². The van der Waals surface area contributed by atoms with Gasteiger partial charge in [0.2, 0.25) is 0 Å². The molecule has 0 rings (SSSR count). The molecular formula is C16H30. The largest absolute Gasteiger partial charge is 0.0996 e. The van der Waals surface area contributed by atoms with Gasteiger partial charge < -0.3 is 0 Å². The van der Waals surface area contributed by atoms with Gasteiger partial charge in [-0.1, -0.05) is 65.8 Å². The molecule has 0 aromatic heterocycles. The van der Waals surface area contributed by atoms with Gasteiger partial charge in [0, 0.05) is 0 Å². The number of hydrogen-bond donors (Lipinski definition) is 0. The van der Waals surface area contributed by atoms with Crippen molar-refractivity contribution in [3.63, 3.8) is 0 Å². The van der Waals surface area contributed by atoms with E-state index in [0.29, 0.717) is 11.8 Å². The lowest BCUT2D eigenvalue weighted by molar-refractivity contribution is 0.0414. The van der Waals surface area contributed by atoms with E-state index >= 15 is 0 Å². The van der Waals surface area contributed by atoms with Gasteiger partial charge in [-0.25, -0.2) is 0 Å². The predicted octanol–water partition coefficient (Wildman–Crippen LogP) is 5.46. The van der Waals surface area contributed by atoms with E-state index in [1.807, 2.05) is 0 Å². The highest BCUT2D eigenvalue weighted by molar-refractivity contribution is 5.15. The lowest BCUT2D eigenvalue weighted by Gasteiger charge is -2.51. The van der Waals surface area contributed by atoms with Gasteiger partial charge in [-0.15, -0.1) is 0 Å². The van der Waals surface area contributed by atoms with E-state index in [9.17, 15) is 0 Å². The van der Waals surface area contributed by atoms with Crippen molar-refractivity contribution in [3.8, 4) is 0 Å². The molecule has 0 amide bonds. The Morgan fingerprint density at radius 2 is 1.56 bits per heavy atom. The van der Waals surface area contributed by atoms with Gasteiger partial charge >= 0.3 is 0 Å². The summed E-state index contributed by atoms with van der Waals surface area (Å²) in [4.78, 5) is 0. The molecule has 0 radical (unpaired) electrons. The molecule has 0 saturated heterocycles. The predicted molar refractivity (Wildman–Crippen MR) is 75.5 cm³/mol. The Morgan fingerprint density at radius 1 is 1.12 bits per heavy atom. The summed E-state index contributed by atoms with van der Waals surface area (Å²) in [5, 5.41) is 0. The van der Waals surface area contributed by atoms with Crippen molar-refractivity contribution < 1.29 is 0 Å². The van der Waals surface area contributed by atoms with Gasteiger partial charge in [-0.3, -0.25) is 0 Å². The van der Waals surface area contributed by atoms with Crippen molar-refractivity contribution in [2.24, 2.45) is 22.7 Å². The first-order valence-corrected chi connectivity index (χ1v) is 6.41. The van der Waals surface area contributed by atoms with Crippen LogP contribution in [0.4, 0.5) is 0 Å². The van der Waals surface area contributed by atoms with E-state index in [2.05, 4.69) is 74.1 Å². The van der Waals surface area contributed by atoms with Gasteiger partial charge in [0.15, 0.2) is 0 Å². The minimum atomic E-state index is 0.173. The van der Waals surface area contributed by atoms with Gasteiger partial charge in [0.25, 0.3) is 0 Å². The highest BCUT2D eigenvalue weighted by Gasteiger charge is 2.46. The Balaban J connectivity index is 5.45. The Bertz CT molecular complexity index is 268. The maximum absolute atomic E-state index is 4.23. The van der Waals surface area contributed by atoms with Crippen molar-refractivity contribution >= 4 is 0 Å². The Hall–Kier alpha value is -0.520. The van der Waals surface area contributed by atoms with E-state index in [1.54, 1.807) is 0 Å². The van der Waals surface area contributed by atoms with Crippen LogP contribution in [-0.4, -0.2) is 0 Å². The topological polar surface area (TPSA) is 0 Å². The lowest BCUT2D eigenvalue weighted by atomic mass is 9.53. The van der Waals surface area contributed by atoms with Gasteiger partial charge in [0.05, 0.1) is 0 Å². The summed E-state index contributed by atoms with van der Waals surface area (Å²) in [7, 11) is 0. The molecule has 0 aliphatic carbocycles. The minimum absolute atomic E-state index is 0.173. The van der Waals surface area contributed by atoms with Gasteiger partial charge in [-0.05, 0) is 36.5 Å². The van der Waals surface area contributed by atoms with Crippen LogP contribution in [0.5, 0.6) is 0 Å². The van der Waals surface area contributed by atoms with E-state index in [1.165, 1.54) is 5.57 Å². The molecule has 0 spiro atoms. The molecule has 2 atom stereocenters. The molecule has 0 aliphatic rings. The third-order valence-corrected chi connectivity index (χ3v) is 5.00. The molecule has 0 heteroatoms. The lowest BCUT2D eigenvalue weighted by Crippen LogP contribution is -2.44. The fraction of sp³-hybridized carbons (Fsp3) is 0.750. The maximum Gasteiger partial charge on any atom is -0.00422 e. The van der Waals surface area contributed by atoms with Gasteiger partial charge in [-0.2, -0.15) is 0 Å². The van der Waals surface area contributed by atoms with Crippen LogP contribution in [0.3, 0.4) is 0 Å². The zero-order valence-corrected chi connectivity index (χ0v) is 12.5. The molecule has 0 aromatic carbocycles. The van der Waals surface area contributed by atoms with Crippen molar-refractivity contribution in [2.45, 2.75) is 55.4 Å². The molecule has 0 heterocycles. The third-order valence-electron chi connectivity index (χ3n) is 5.00. The molecule has 0 fully saturated rings. The summed E-state index contributed by atoms with van der Waals surface area (Å²) in [6.07, 6.45) is 4.47. The second kappa shape index (κ2) is 5.21. The molecule has 0 N–H and O–H groups in total. The standard InChI is InChI=1S/C16H30/c1-10-11-14(6)15(7,8)16(9,12(2)3)13(4)5/h10-11,13-14H,2H2,1,3-9H3. The van der Waals surface area contributed by atoms with E-state index in [0.717, 1.165) is 0 Å². The van der Waals surface area contributed by atoms with Crippen LogP contribution in [0.15, 0.2) is 24.3 Å². The average molecular weight is 222 g/mol. The Kier molecular flexibility index (Phi) is 5.04. The first-order chi connectivity index (χ1) is 7.12.